The van der Waals surface area contributed by atoms with E-state index in [-0.39, 0.29) is 5.78 Å². The molecule has 0 spiro atoms. The van der Waals surface area contributed by atoms with Crippen LogP contribution in [0.15, 0.2) is 15.9 Å². The van der Waals surface area contributed by atoms with Crippen LogP contribution in [0.3, 0.4) is 0 Å². The quantitative estimate of drug-likeness (QED) is 0.795. The summed E-state index contributed by atoms with van der Waals surface area (Å²) >= 11 is 4.72. The topological polar surface area (TPSA) is 47.8 Å². The van der Waals surface area contributed by atoms with Gasteiger partial charge in [-0.05, 0) is 34.3 Å². The SMILES string of the molecule is Cc1nnc(C(=O)c2sccc2Br)n1C. The molecule has 0 saturated heterocycles. The predicted molar refractivity (Wildman–Crippen MR) is 61.2 cm³/mol. The average molecular weight is 286 g/mol. The van der Waals surface area contributed by atoms with Gasteiger partial charge in [0.25, 0.3) is 0 Å². The van der Waals surface area contributed by atoms with Gasteiger partial charge in [-0.25, -0.2) is 0 Å². The standard InChI is InChI=1S/C9H8BrN3OS/c1-5-11-12-9(13(5)2)7(14)8-6(10)3-4-15-8/h3-4H,1-2H3. The summed E-state index contributed by atoms with van der Waals surface area (Å²) in [7, 11) is 1.78. The molecule has 0 atom stereocenters. The number of halogens is 1. The Bertz CT molecular complexity index is 517. The third kappa shape index (κ3) is 1.74. The van der Waals surface area contributed by atoms with E-state index in [1.165, 1.54) is 11.3 Å². The van der Waals surface area contributed by atoms with Gasteiger partial charge in [-0.1, -0.05) is 0 Å². The molecule has 0 fully saturated rings. The summed E-state index contributed by atoms with van der Waals surface area (Å²) in [6.07, 6.45) is 0. The van der Waals surface area contributed by atoms with Crippen LogP contribution in [0.4, 0.5) is 0 Å². The highest BCUT2D eigenvalue weighted by Gasteiger charge is 2.19. The van der Waals surface area contributed by atoms with Crippen molar-refractivity contribution in [2.24, 2.45) is 7.05 Å². The fourth-order valence-electron chi connectivity index (χ4n) is 1.16. The van der Waals surface area contributed by atoms with Crippen molar-refractivity contribution in [3.63, 3.8) is 0 Å². The Morgan fingerprint density at radius 2 is 2.27 bits per heavy atom. The molecule has 6 heteroatoms. The van der Waals surface area contributed by atoms with E-state index in [1.54, 1.807) is 11.6 Å². The molecule has 2 aromatic rings. The van der Waals surface area contributed by atoms with Crippen molar-refractivity contribution in [2.75, 3.05) is 0 Å². The Kier molecular flexibility index (Phi) is 2.70. The first-order valence-corrected chi connectivity index (χ1v) is 5.92. The second kappa shape index (κ2) is 3.86. The molecular formula is C9H8BrN3OS. The van der Waals surface area contributed by atoms with Gasteiger partial charge in [0, 0.05) is 11.5 Å². The van der Waals surface area contributed by atoms with E-state index in [2.05, 4.69) is 26.1 Å². The maximum Gasteiger partial charge on any atom is 0.241 e. The highest BCUT2D eigenvalue weighted by molar-refractivity contribution is 9.10. The zero-order chi connectivity index (χ0) is 11.0. The van der Waals surface area contributed by atoms with Crippen LogP contribution in [0.1, 0.15) is 21.3 Å². The van der Waals surface area contributed by atoms with E-state index < -0.39 is 0 Å². The van der Waals surface area contributed by atoms with Crippen molar-refractivity contribution in [2.45, 2.75) is 6.92 Å². The maximum atomic E-state index is 12.0. The molecule has 0 aliphatic rings. The third-order valence-electron chi connectivity index (χ3n) is 2.12. The van der Waals surface area contributed by atoms with Crippen LogP contribution in [-0.4, -0.2) is 20.5 Å². The number of aryl methyl sites for hydroxylation is 1. The zero-order valence-electron chi connectivity index (χ0n) is 8.19. The molecule has 0 N–H and O–H groups in total. The van der Waals surface area contributed by atoms with Crippen molar-refractivity contribution in [3.8, 4) is 0 Å². The second-order valence-corrected chi connectivity index (χ2v) is 4.83. The third-order valence-corrected chi connectivity index (χ3v) is 3.96. The zero-order valence-corrected chi connectivity index (χ0v) is 10.6. The van der Waals surface area contributed by atoms with E-state index in [4.69, 9.17) is 0 Å². The van der Waals surface area contributed by atoms with Crippen molar-refractivity contribution in [1.82, 2.24) is 14.8 Å². The van der Waals surface area contributed by atoms with E-state index >= 15 is 0 Å². The molecule has 0 aromatic carbocycles. The van der Waals surface area contributed by atoms with Crippen LogP contribution in [0, 0.1) is 6.92 Å². The smallest absolute Gasteiger partial charge is 0.241 e. The Morgan fingerprint density at radius 1 is 1.53 bits per heavy atom. The predicted octanol–water partition coefficient (Wildman–Crippen LogP) is 2.18. The van der Waals surface area contributed by atoms with Gasteiger partial charge >= 0.3 is 0 Å². The maximum absolute atomic E-state index is 12.0. The number of hydrogen-bond donors (Lipinski definition) is 0. The lowest BCUT2D eigenvalue weighted by molar-refractivity contribution is 0.102. The minimum Gasteiger partial charge on any atom is -0.312 e. The molecule has 15 heavy (non-hydrogen) atoms. The first kappa shape index (κ1) is 10.5. The van der Waals surface area contributed by atoms with Crippen LogP contribution in [0.2, 0.25) is 0 Å². The molecule has 78 valence electrons. The summed E-state index contributed by atoms with van der Waals surface area (Å²) < 4.78 is 2.49. The molecule has 0 amide bonds. The van der Waals surface area contributed by atoms with Crippen molar-refractivity contribution >= 4 is 33.0 Å². The van der Waals surface area contributed by atoms with Crippen molar-refractivity contribution < 1.29 is 4.79 Å². The average Bonchev–Trinajstić information content (AvgIpc) is 2.75. The second-order valence-electron chi connectivity index (χ2n) is 3.06. The Morgan fingerprint density at radius 3 is 2.73 bits per heavy atom. The fourth-order valence-corrected chi connectivity index (χ4v) is 2.65. The highest BCUT2D eigenvalue weighted by atomic mass is 79.9. The molecule has 0 unspecified atom stereocenters. The summed E-state index contributed by atoms with van der Waals surface area (Å²) in [5.74, 6) is 1.00. The van der Waals surface area contributed by atoms with E-state index in [9.17, 15) is 4.79 Å². The van der Waals surface area contributed by atoms with Gasteiger partial charge in [0.15, 0.2) is 0 Å². The Balaban J connectivity index is 2.46. The summed E-state index contributed by atoms with van der Waals surface area (Å²) in [5, 5.41) is 9.58. The normalized spacial score (nSPS) is 10.6. The molecule has 2 heterocycles. The van der Waals surface area contributed by atoms with Crippen LogP contribution in [0.5, 0.6) is 0 Å². The molecule has 2 aromatic heterocycles. The van der Waals surface area contributed by atoms with Gasteiger partial charge in [0.2, 0.25) is 11.6 Å². The van der Waals surface area contributed by atoms with E-state index in [1.807, 2.05) is 18.4 Å². The van der Waals surface area contributed by atoms with Crippen LogP contribution in [-0.2, 0) is 7.05 Å². The van der Waals surface area contributed by atoms with E-state index in [0.29, 0.717) is 10.7 Å². The van der Waals surface area contributed by atoms with Gasteiger partial charge in [-0.2, -0.15) is 0 Å². The highest BCUT2D eigenvalue weighted by Crippen LogP contribution is 2.24. The van der Waals surface area contributed by atoms with Crippen LogP contribution < -0.4 is 0 Å². The van der Waals surface area contributed by atoms with Gasteiger partial charge in [-0.3, -0.25) is 4.79 Å². The first-order valence-electron chi connectivity index (χ1n) is 4.25. The van der Waals surface area contributed by atoms with Gasteiger partial charge in [-0.15, -0.1) is 21.5 Å². The fraction of sp³-hybridized carbons (Fsp3) is 0.222. The monoisotopic (exact) mass is 285 g/mol. The van der Waals surface area contributed by atoms with Crippen molar-refractivity contribution in [1.29, 1.82) is 0 Å². The number of hydrogen-bond acceptors (Lipinski definition) is 4. The number of carbonyl (C=O) groups excluding carboxylic acids is 1. The lowest BCUT2D eigenvalue weighted by atomic mass is 10.3. The summed E-state index contributed by atoms with van der Waals surface area (Å²) in [6.45, 7) is 1.81. The molecule has 0 aliphatic carbocycles. The van der Waals surface area contributed by atoms with Gasteiger partial charge in [0.1, 0.15) is 5.82 Å². The summed E-state index contributed by atoms with van der Waals surface area (Å²) in [6, 6.07) is 1.85. The molecule has 0 saturated carbocycles. The molecule has 0 radical (unpaired) electrons. The lowest BCUT2D eigenvalue weighted by Crippen LogP contribution is -2.08. The number of ketones is 1. The number of rotatable bonds is 2. The molecule has 2 rings (SSSR count). The number of aromatic nitrogens is 3. The number of nitrogens with zero attached hydrogens (tertiary/aromatic N) is 3. The number of thiophene rings is 1. The van der Waals surface area contributed by atoms with Gasteiger partial charge < -0.3 is 4.57 Å². The Hall–Kier alpha value is -1.01. The molecule has 0 bridgehead atoms. The largest absolute Gasteiger partial charge is 0.312 e. The molecular weight excluding hydrogens is 278 g/mol. The molecule has 4 nitrogen and oxygen atoms in total. The Labute approximate surface area is 99.1 Å². The molecule has 0 aliphatic heterocycles. The lowest BCUT2D eigenvalue weighted by Gasteiger charge is -1.99. The minimum absolute atomic E-state index is 0.0972. The number of carbonyl (C=O) groups is 1. The summed E-state index contributed by atoms with van der Waals surface area (Å²) in [4.78, 5) is 12.7. The first-order chi connectivity index (χ1) is 7.11. The van der Waals surface area contributed by atoms with Gasteiger partial charge in [0.05, 0.1) is 4.88 Å². The van der Waals surface area contributed by atoms with Crippen molar-refractivity contribution in [3.05, 3.63) is 32.4 Å². The van der Waals surface area contributed by atoms with Crippen LogP contribution in [0.25, 0.3) is 0 Å². The summed E-state index contributed by atoms with van der Waals surface area (Å²) in [5.41, 5.74) is 0. The minimum atomic E-state index is -0.0972. The van der Waals surface area contributed by atoms with Crippen LogP contribution >= 0.6 is 27.3 Å². The van der Waals surface area contributed by atoms with E-state index in [0.717, 1.165) is 10.3 Å².